The van der Waals surface area contributed by atoms with Crippen LogP contribution in [0.5, 0.6) is 0 Å². The third-order valence-electron chi connectivity index (χ3n) is 9.84. The molecular weight excluding hydrogens is 571 g/mol. The summed E-state index contributed by atoms with van der Waals surface area (Å²) in [5, 5.41) is 12.0. The van der Waals surface area contributed by atoms with Gasteiger partial charge in [0.15, 0.2) is 0 Å². The standard InChI is InChI=1S/C32H36F3N7O2/c1-19(43)40-15-24-10-20(11-25(16-40)37-24)9-21-12-27(32(33,34)35)28-17-41(31(44)42(28)14-21)26-8-4-7-23(13-26)29(22-5-3-6-22)30-38-36-18-39(30)2/h4,7-8,12-14,17-18,20,22,24-25,29,37H,3,5-6,9-11,15-16H2,1-2H3/q+1/t20?,24?,25?,29-/m1/s1. The molecule has 44 heavy (non-hydrogen) atoms. The number of fused-ring (bicyclic) bond motifs is 3. The van der Waals surface area contributed by atoms with E-state index in [9.17, 15) is 22.8 Å². The molecule has 2 aromatic heterocycles. The number of piperazine rings is 1. The van der Waals surface area contributed by atoms with Crippen molar-refractivity contribution in [2.75, 3.05) is 20.1 Å². The predicted molar refractivity (Wildman–Crippen MR) is 158 cm³/mol. The van der Waals surface area contributed by atoms with Crippen molar-refractivity contribution in [2.24, 2.45) is 22.1 Å². The van der Waals surface area contributed by atoms with Crippen molar-refractivity contribution < 1.29 is 22.5 Å². The molecule has 3 fully saturated rings. The number of benzene rings is 1. The van der Waals surface area contributed by atoms with Crippen LogP contribution in [0.2, 0.25) is 0 Å². The zero-order valence-electron chi connectivity index (χ0n) is 24.8. The zero-order chi connectivity index (χ0) is 30.7. The summed E-state index contributed by atoms with van der Waals surface area (Å²) >= 11 is 0. The predicted octanol–water partition coefficient (Wildman–Crippen LogP) is 4.76. The molecule has 1 amide bonds. The van der Waals surface area contributed by atoms with Crippen molar-refractivity contribution in [1.82, 2.24) is 19.2 Å². The van der Waals surface area contributed by atoms with Gasteiger partial charge in [0.05, 0.1) is 34.8 Å². The number of likely N-dealkylation sites (tertiary alicyclic amines) is 1. The Bertz CT molecular complexity index is 1710. The molecule has 2 bridgehead atoms. The first-order valence-electron chi connectivity index (χ1n) is 15.3. The molecule has 2 unspecified atom stereocenters. The summed E-state index contributed by atoms with van der Waals surface area (Å²) in [6.45, 7) is 2.78. The number of hydrogen-bond acceptors (Lipinski definition) is 5. The van der Waals surface area contributed by atoms with Gasteiger partial charge in [0.25, 0.3) is 0 Å². The molecular formula is C32H36F3N7O2+. The first-order valence-corrected chi connectivity index (χ1v) is 15.3. The number of carbonyl (C=O) groups is 1. The number of alkyl halides is 3. The van der Waals surface area contributed by atoms with E-state index in [0.717, 1.165) is 48.2 Å². The van der Waals surface area contributed by atoms with E-state index in [-0.39, 0.29) is 35.3 Å². The van der Waals surface area contributed by atoms with Crippen LogP contribution >= 0.6 is 0 Å². The fraction of sp³-hybridized carbons (Fsp3) is 0.500. The number of nitrogens with one attached hydrogen (secondary N) is 1. The monoisotopic (exact) mass is 607 g/mol. The van der Waals surface area contributed by atoms with Crippen LogP contribution < -0.4 is 11.0 Å². The number of azo groups is 1. The maximum absolute atomic E-state index is 14.4. The largest absolute Gasteiger partial charge is 0.418 e. The van der Waals surface area contributed by atoms with Crippen LogP contribution in [0.3, 0.4) is 0 Å². The summed E-state index contributed by atoms with van der Waals surface area (Å²) in [4.78, 5) is 27.5. The molecule has 9 nitrogen and oxygen atoms in total. The van der Waals surface area contributed by atoms with Crippen molar-refractivity contribution in [2.45, 2.75) is 69.6 Å². The first-order chi connectivity index (χ1) is 21.0. The summed E-state index contributed by atoms with van der Waals surface area (Å²) < 4.78 is 47.7. The maximum Gasteiger partial charge on any atom is 0.418 e. The molecule has 2 saturated heterocycles. The molecule has 1 radical (unpaired) electrons. The lowest BCUT2D eigenvalue weighted by molar-refractivity contribution is -0.480. The third kappa shape index (κ3) is 5.27. The van der Waals surface area contributed by atoms with Crippen molar-refractivity contribution in [3.8, 4) is 5.69 Å². The lowest BCUT2D eigenvalue weighted by Crippen LogP contribution is -2.61. The second kappa shape index (κ2) is 11.0. The second-order valence-corrected chi connectivity index (χ2v) is 12.9. The molecule has 3 aliphatic heterocycles. The number of piperidine rings is 1. The minimum absolute atomic E-state index is 0.0201. The number of amides is 1. The van der Waals surface area contributed by atoms with E-state index in [0.29, 0.717) is 36.7 Å². The Balaban J connectivity index is 1.22. The normalized spacial score (nSPS) is 24.9. The lowest BCUT2D eigenvalue weighted by Gasteiger charge is -2.45. The van der Waals surface area contributed by atoms with Gasteiger partial charge in [-0.25, -0.2) is 9.37 Å². The fourth-order valence-electron chi connectivity index (χ4n) is 7.60. The molecule has 1 N–H and O–H groups in total. The van der Waals surface area contributed by atoms with E-state index < -0.39 is 17.4 Å². The Kier molecular flexibility index (Phi) is 7.22. The van der Waals surface area contributed by atoms with Crippen molar-refractivity contribution >= 4 is 17.8 Å². The van der Waals surface area contributed by atoms with Gasteiger partial charge in [0, 0.05) is 44.5 Å². The Morgan fingerprint density at radius 1 is 1.14 bits per heavy atom. The highest BCUT2D eigenvalue weighted by Gasteiger charge is 2.42. The van der Waals surface area contributed by atoms with E-state index in [4.69, 9.17) is 0 Å². The van der Waals surface area contributed by atoms with Crippen LogP contribution in [0.4, 0.5) is 13.2 Å². The number of halogens is 3. The van der Waals surface area contributed by atoms with Crippen LogP contribution in [0.15, 0.2) is 57.7 Å². The van der Waals surface area contributed by atoms with Crippen LogP contribution in [-0.2, 0) is 17.4 Å². The van der Waals surface area contributed by atoms with E-state index in [2.05, 4.69) is 15.5 Å². The van der Waals surface area contributed by atoms with Gasteiger partial charge in [-0.05, 0) is 78.4 Å². The Hall–Kier alpha value is -3.80. The minimum atomic E-state index is -4.63. The molecule has 1 aromatic carbocycles. The molecule has 3 atom stereocenters. The van der Waals surface area contributed by atoms with E-state index in [1.54, 1.807) is 25.5 Å². The van der Waals surface area contributed by atoms with E-state index in [1.165, 1.54) is 16.8 Å². The number of pyridine rings is 1. The molecule has 4 aliphatic rings. The molecule has 5 heterocycles. The quantitative estimate of drug-likeness (QED) is 0.410. The lowest BCUT2D eigenvalue weighted by atomic mass is 9.71. The van der Waals surface area contributed by atoms with Gasteiger partial charge in [0.2, 0.25) is 5.91 Å². The summed E-state index contributed by atoms with van der Waals surface area (Å²) in [6, 6.07) is 8.92. The van der Waals surface area contributed by atoms with Gasteiger partial charge in [-0.15, -0.1) is 0 Å². The van der Waals surface area contributed by atoms with Gasteiger partial charge in [-0.1, -0.05) is 18.6 Å². The van der Waals surface area contributed by atoms with Crippen molar-refractivity contribution in [1.29, 1.82) is 0 Å². The SMILES string of the molecule is CC(=O)N1CC2CC(Cc3cc(C(F)(F)F)c4cn(-c5cccc([C@H]([C]6N=NC=[N+]6C)C6CCC6)c5)c(=O)n4c3)CC(C1)N2. The maximum atomic E-state index is 14.4. The average molecular weight is 608 g/mol. The summed E-state index contributed by atoms with van der Waals surface area (Å²) in [6.07, 6.45) is 5.96. The number of aromatic nitrogens is 2. The molecule has 0 spiro atoms. The zero-order valence-corrected chi connectivity index (χ0v) is 24.8. The highest BCUT2D eigenvalue weighted by atomic mass is 19.4. The van der Waals surface area contributed by atoms with Crippen LogP contribution in [0.1, 0.15) is 61.6 Å². The summed E-state index contributed by atoms with van der Waals surface area (Å²) in [7, 11) is 1.91. The van der Waals surface area contributed by atoms with Gasteiger partial charge >= 0.3 is 24.4 Å². The average Bonchev–Trinajstić information content (AvgIpc) is 3.51. The number of imidazole rings is 1. The minimum Gasteiger partial charge on any atom is -0.340 e. The van der Waals surface area contributed by atoms with Gasteiger partial charge in [0.1, 0.15) is 0 Å². The Morgan fingerprint density at radius 2 is 1.89 bits per heavy atom. The van der Waals surface area contributed by atoms with Gasteiger partial charge in [-0.2, -0.15) is 13.2 Å². The molecule has 1 saturated carbocycles. The first kappa shape index (κ1) is 28.9. The Morgan fingerprint density at radius 3 is 2.50 bits per heavy atom. The molecule has 1 aliphatic carbocycles. The number of rotatable bonds is 6. The molecule has 231 valence electrons. The highest BCUT2D eigenvalue weighted by Crippen LogP contribution is 2.46. The molecule has 3 aromatic rings. The topological polar surface area (TPSA) is 86.5 Å². The van der Waals surface area contributed by atoms with Crippen LogP contribution in [-0.4, -0.2) is 62.9 Å². The van der Waals surface area contributed by atoms with E-state index in [1.807, 2.05) is 34.7 Å². The van der Waals surface area contributed by atoms with E-state index >= 15 is 0 Å². The van der Waals surface area contributed by atoms with Crippen LogP contribution in [0, 0.1) is 18.0 Å². The second-order valence-electron chi connectivity index (χ2n) is 12.9. The summed E-state index contributed by atoms with van der Waals surface area (Å²) in [5.41, 5.74) is 0.437. The number of hydrogen-bond donors (Lipinski definition) is 1. The van der Waals surface area contributed by atoms with Crippen molar-refractivity contribution in [3.63, 3.8) is 0 Å². The third-order valence-corrected chi connectivity index (χ3v) is 9.84. The number of nitrogens with zero attached hydrogens (tertiary/aromatic N) is 6. The fourth-order valence-corrected chi connectivity index (χ4v) is 7.60. The van der Waals surface area contributed by atoms with Gasteiger partial charge < -0.3 is 10.2 Å². The Labute approximate surface area is 253 Å². The highest BCUT2D eigenvalue weighted by molar-refractivity contribution is 5.73. The molecule has 12 heteroatoms. The smallest absolute Gasteiger partial charge is 0.340 e. The van der Waals surface area contributed by atoms with Crippen molar-refractivity contribution in [3.05, 3.63) is 76.1 Å². The molecule has 7 rings (SSSR count). The van der Waals surface area contributed by atoms with Gasteiger partial charge in [-0.3, -0.25) is 13.8 Å². The summed E-state index contributed by atoms with van der Waals surface area (Å²) in [5.74, 6) is 0.560. The van der Waals surface area contributed by atoms with Crippen LogP contribution in [0.25, 0.3) is 11.2 Å². The number of likely N-dealkylation sites (N-methyl/N-ethyl adjacent to an activating group) is 1. The number of carbonyl (C=O) groups excluding carboxylic acids is 1.